The number of nitrogens with zero attached hydrogens (tertiary/aromatic N) is 5. The molecule has 4 heterocycles. The quantitative estimate of drug-likeness (QED) is 0.382. The lowest BCUT2D eigenvalue weighted by Crippen LogP contribution is -2.25. The van der Waals surface area contributed by atoms with Gasteiger partial charge in [-0.15, -0.1) is 11.3 Å². The molecule has 0 spiro atoms. The highest BCUT2D eigenvalue weighted by Gasteiger charge is 2.21. The van der Waals surface area contributed by atoms with Gasteiger partial charge in [0.25, 0.3) is 5.62 Å². The van der Waals surface area contributed by atoms with E-state index in [1.54, 1.807) is 28.1 Å². The molecule has 4 aromatic rings. The lowest BCUT2D eigenvalue weighted by molar-refractivity contribution is 0.454. The van der Waals surface area contributed by atoms with Gasteiger partial charge in [0.05, 0.1) is 18.3 Å². The lowest BCUT2D eigenvalue weighted by Gasteiger charge is -2.11. The number of aromatic nitrogens is 6. The van der Waals surface area contributed by atoms with E-state index in [0.717, 1.165) is 12.8 Å². The van der Waals surface area contributed by atoms with Gasteiger partial charge in [0.1, 0.15) is 5.69 Å². The molecule has 1 fully saturated rings. The zero-order valence-electron chi connectivity index (χ0n) is 15.5. The van der Waals surface area contributed by atoms with Crippen molar-refractivity contribution in [2.45, 2.75) is 31.8 Å². The number of aromatic hydroxyl groups is 1. The van der Waals surface area contributed by atoms with Crippen molar-refractivity contribution in [1.29, 1.82) is 0 Å². The first-order chi connectivity index (χ1) is 14.1. The fraction of sp³-hybridized carbons (Fsp3) is 0.278. The largest absolute Gasteiger partial charge is 0.493 e. The molecule has 148 valence electrons. The molecule has 0 bridgehead atoms. The third-order valence-corrected chi connectivity index (χ3v) is 5.63. The first kappa shape index (κ1) is 17.6. The molecule has 1 saturated carbocycles. The van der Waals surface area contributed by atoms with Gasteiger partial charge in [-0.25, -0.2) is 9.79 Å². The summed E-state index contributed by atoms with van der Waals surface area (Å²) in [6.07, 6.45) is 5.29. The zero-order chi connectivity index (χ0) is 20.0. The number of anilines is 1. The number of nitrogens with one attached hydrogen (secondary N) is 3. The summed E-state index contributed by atoms with van der Waals surface area (Å²) >= 11 is 1.66. The Morgan fingerprint density at radius 3 is 2.97 bits per heavy atom. The summed E-state index contributed by atoms with van der Waals surface area (Å²) in [6, 6.07) is 4.35. The number of aromatic amines is 2. The Morgan fingerprint density at radius 1 is 1.41 bits per heavy atom. The van der Waals surface area contributed by atoms with Gasteiger partial charge >= 0.3 is 5.69 Å². The molecule has 4 aromatic heterocycles. The van der Waals surface area contributed by atoms with Crippen molar-refractivity contribution in [3.05, 3.63) is 55.6 Å². The Kier molecular flexibility index (Phi) is 4.16. The molecule has 1 aliphatic carbocycles. The molecule has 11 heteroatoms. The molecule has 1 unspecified atom stereocenters. The summed E-state index contributed by atoms with van der Waals surface area (Å²) in [5.74, 6) is 0.204. The highest BCUT2D eigenvalue weighted by Crippen LogP contribution is 2.23. The first-order valence-electron chi connectivity index (χ1n) is 9.19. The number of rotatable bonds is 5. The summed E-state index contributed by atoms with van der Waals surface area (Å²) in [5, 5.41) is 20.2. The van der Waals surface area contributed by atoms with E-state index in [0.29, 0.717) is 22.4 Å². The fourth-order valence-corrected chi connectivity index (χ4v) is 3.68. The van der Waals surface area contributed by atoms with Crippen LogP contribution in [0.15, 0.2) is 33.5 Å². The van der Waals surface area contributed by atoms with Crippen molar-refractivity contribution in [1.82, 2.24) is 29.5 Å². The van der Waals surface area contributed by atoms with Crippen LogP contribution in [-0.2, 0) is 0 Å². The van der Waals surface area contributed by atoms with Crippen LogP contribution in [0.5, 0.6) is 5.88 Å². The maximum absolute atomic E-state index is 11.4. The minimum absolute atomic E-state index is 0.0339. The van der Waals surface area contributed by atoms with Crippen LogP contribution >= 0.6 is 11.3 Å². The SMILES string of the molecule is CC(Nc1nc(=NC2CC2)n2ncc(=Cc3[nH]c(=O)[nH]c3O)c2n1)c1cccs1. The maximum Gasteiger partial charge on any atom is 0.326 e. The molecule has 1 atom stereocenters. The Bertz CT molecular complexity index is 1350. The highest BCUT2D eigenvalue weighted by atomic mass is 32.1. The molecule has 0 aromatic carbocycles. The maximum atomic E-state index is 11.4. The molecule has 1 aliphatic rings. The van der Waals surface area contributed by atoms with Gasteiger partial charge < -0.3 is 15.4 Å². The molecular weight excluding hydrogens is 392 g/mol. The number of H-pyrrole nitrogens is 2. The normalized spacial score (nSPS) is 16.6. The number of hydrogen-bond donors (Lipinski definition) is 4. The Hall–Kier alpha value is -3.47. The summed E-state index contributed by atoms with van der Waals surface area (Å²) < 4.78 is 1.58. The molecule has 10 nitrogen and oxygen atoms in total. The van der Waals surface area contributed by atoms with Crippen LogP contribution in [0.25, 0.3) is 11.7 Å². The first-order valence-corrected chi connectivity index (χ1v) is 10.1. The topological polar surface area (TPSA) is 136 Å². The van der Waals surface area contributed by atoms with Gasteiger partial charge in [0.2, 0.25) is 11.8 Å². The van der Waals surface area contributed by atoms with Crippen LogP contribution in [-0.4, -0.2) is 40.7 Å². The van der Waals surface area contributed by atoms with Gasteiger partial charge in [-0.1, -0.05) is 6.07 Å². The average molecular weight is 410 g/mol. The van der Waals surface area contributed by atoms with Crippen LogP contribution in [0.2, 0.25) is 0 Å². The molecule has 0 saturated heterocycles. The predicted molar refractivity (Wildman–Crippen MR) is 108 cm³/mol. The van der Waals surface area contributed by atoms with Crippen molar-refractivity contribution in [3.63, 3.8) is 0 Å². The van der Waals surface area contributed by atoms with Crippen LogP contribution in [0.1, 0.15) is 36.4 Å². The highest BCUT2D eigenvalue weighted by molar-refractivity contribution is 7.10. The van der Waals surface area contributed by atoms with E-state index in [1.807, 2.05) is 18.4 Å². The average Bonchev–Trinajstić information content (AvgIpc) is 3.07. The van der Waals surface area contributed by atoms with Gasteiger partial charge in [0, 0.05) is 10.1 Å². The smallest absolute Gasteiger partial charge is 0.326 e. The Balaban J connectivity index is 1.65. The van der Waals surface area contributed by atoms with E-state index in [-0.39, 0.29) is 23.7 Å². The lowest BCUT2D eigenvalue weighted by atomic mass is 10.3. The van der Waals surface area contributed by atoms with Gasteiger partial charge in [-0.2, -0.15) is 19.6 Å². The van der Waals surface area contributed by atoms with E-state index in [9.17, 15) is 9.90 Å². The molecular formula is C18H18N8O2S. The number of fused-ring (bicyclic) bond motifs is 1. The second kappa shape index (κ2) is 6.85. The second-order valence-corrected chi connectivity index (χ2v) is 7.89. The summed E-state index contributed by atoms with van der Waals surface area (Å²) in [7, 11) is 0. The van der Waals surface area contributed by atoms with Crippen molar-refractivity contribution < 1.29 is 5.11 Å². The monoisotopic (exact) mass is 410 g/mol. The molecule has 0 radical (unpaired) electrons. The second-order valence-electron chi connectivity index (χ2n) is 6.91. The van der Waals surface area contributed by atoms with Crippen LogP contribution in [0, 0.1) is 0 Å². The zero-order valence-corrected chi connectivity index (χ0v) is 16.3. The third kappa shape index (κ3) is 3.51. The van der Waals surface area contributed by atoms with Gasteiger partial charge in [-0.05, 0) is 37.3 Å². The summed E-state index contributed by atoms with van der Waals surface area (Å²) in [5.41, 5.74) is 0.772. The van der Waals surface area contributed by atoms with E-state index in [4.69, 9.17) is 0 Å². The Labute approximate surface area is 167 Å². The van der Waals surface area contributed by atoms with Crippen molar-refractivity contribution in [2.24, 2.45) is 4.99 Å². The molecule has 29 heavy (non-hydrogen) atoms. The number of imidazole rings is 1. The minimum atomic E-state index is -0.489. The number of hydrogen-bond acceptors (Lipinski definition) is 8. The standard InChI is InChI=1S/C18H18N8O2S/c1-9(13-3-2-6-29-13)20-16-23-14-10(7-12-15(27)24-18(28)22-12)8-19-26(14)17(25-16)21-11-4-5-11/h2-3,6-9,11,27H,4-5H2,1H3,(H,20,21,25)(H2,22,24,28). The van der Waals surface area contributed by atoms with Crippen molar-refractivity contribution in [2.75, 3.05) is 5.32 Å². The van der Waals surface area contributed by atoms with E-state index < -0.39 is 5.69 Å². The Morgan fingerprint density at radius 2 is 2.28 bits per heavy atom. The van der Waals surface area contributed by atoms with Crippen LogP contribution in [0.3, 0.4) is 0 Å². The fourth-order valence-electron chi connectivity index (χ4n) is 2.95. The molecule has 0 aliphatic heterocycles. The number of thiophene rings is 1. The van der Waals surface area contributed by atoms with E-state index >= 15 is 0 Å². The van der Waals surface area contributed by atoms with Crippen LogP contribution < -0.4 is 21.8 Å². The van der Waals surface area contributed by atoms with Gasteiger partial charge in [-0.3, -0.25) is 4.98 Å². The predicted octanol–water partition coefficient (Wildman–Crippen LogP) is 0.692. The van der Waals surface area contributed by atoms with Crippen LogP contribution in [0.4, 0.5) is 5.95 Å². The summed E-state index contributed by atoms with van der Waals surface area (Å²) in [6.45, 7) is 2.04. The third-order valence-electron chi connectivity index (χ3n) is 4.57. The van der Waals surface area contributed by atoms with E-state index in [1.165, 1.54) is 4.88 Å². The van der Waals surface area contributed by atoms with Crippen molar-refractivity contribution >= 4 is 29.0 Å². The van der Waals surface area contributed by atoms with Crippen molar-refractivity contribution in [3.8, 4) is 5.88 Å². The van der Waals surface area contributed by atoms with E-state index in [2.05, 4.69) is 41.4 Å². The van der Waals surface area contributed by atoms with Gasteiger partial charge in [0.15, 0.2) is 5.65 Å². The molecule has 0 amide bonds. The molecule has 4 N–H and O–H groups in total. The summed E-state index contributed by atoms with van der Waals surface area (Å²) in [4.78, 5) is 31.2. The minimum Gasteiger partial charge on any atom is -0.493 e. The molecule has 5 rings (SSSR count).